The Morgan fingerprint density at radius 3 is 1.81 bits per heavy atom. The van der Waals surface area contributed by atoms with E-state index < -0.39 is 0 Å². The third-order valence-electron chi connectivity index (χ3n) is 14.1. The number of hydrogen-bond donors (Lipinski definition) is 0. The third kappa shape index (κ3) is 6.00. The molecule has 2 heteroatoms. The van der Waals surface area contributed by atoms with Gasteiger partial charge in [0.15, 0.2) is 0 Å². The normalized spacial score (nSPS) is 14.4. The molecule has 0 bridgehead atoms. The lowest BCUT2D eigenvalue weighted by atomic mass is 9.82. The molecule has 0 radical (unpaired) electrons. The standard InChI is InChI=1S/C61H48N2/c1-38-31-45(46-33-39(2)60-40(3)54(60)36-46)34-50(32-38)63-58-18-12-10-16-53(58)55-35-44(23-30-59(55)63)43-21-26-48(27-22-43)62(47-24-19-42(20-25-47)41-13-7-6-8-14-41)49-28-29-52-51-15-9-11-17-56(51)61(4,5)57(52)37-49/h6-37,40H,1-5H3. The molecule has 1 heterocycles. The second-order valence-corrected chi connectivity index (χ2v) is 18.4. The van der Waals surface area contributed by atoms with E-state index in [0.717, 1.165) is 17.1 Å². The number of nitrogens with zero attached hydrogens (tertiary/aromatic N) is 2. The highest BCUT2D eigenvalue weighted by Crippen LogP contribution is 2.51. The van der Waals surface area contributed by atoms with Crippen LogP contribution in [0.4, 0.5) is 17.1 Å². The molecule has 0 spiro atoms. The molecule has 2 aliphatic rings. The summed E-state index contributed by atoms with van der Waals surface area (Å²) in [5.74, 6) is 0.582. The van der Waals surface area contributed by atoms with E-state index >= 15 is 0 Å². The van der Waals surface area contributed by atoms with Crippen LogP contribution in [0.5, 0.6) is 0 Å². The molecule has 0 saturated heterocycles. The van der Waals surface area contributed by atoms with Crippen LogP contribution in [0.15, 0.2) is 194 Å². The molecule has 12 rings (SSSR count). The van der Waals surface area contributed by atoms with E-state index in [1.807, 2.05) is 0 Å². The Morgan fingerprint density at radius 2 is 1.05 bits per heavy atom. The molecule has 0 amide bonds. The Kier molecular flexibility index (Phi) is 8.33. The predicted molar refractivity (Wildman–Crippen MR) is 266 cm³/mol. The van der Waals surface area contributed by atoms with Crippen molar-refractivity contribution in [3.05, 3.63) is 228 Å². The van der Waals surface area contributed by atoms with Crippen LogP contribution in [0.3, 0.4) is 0 Å². The summed E-state index contributed by atoms with van der Waals surface area (Å²) in [7, 11) is 0. The van der Waals surface area contributed by atoms with Gasteiger partial charge >= 0.3 is 0 Å². The van der Waals surface area contributed by atoms with Crippen LogP contribution in [0.25, 0.3) is 72.0 Å². The summed E-state index contributed by atoms with van der Waals surface area (Å²) < 4.78 is 2.45. The first-order valence-electron chi connectivity index (χ1n) is 22.3. The lowest BCUT2D eigenvalue weighted by Gasteiger charge is -2.28. The molecule has 0 saturated carbocycles. The van der Waals surface area contributed by atoms with Gasteiger partial charge in [0.1, 0.15) is 0 Å². The van der Waals surface area contributed by atoms with E-state index in [4.69, 9.17) is 0 Å². The first-order valence-corrected chi connectivity index (χ1v) is 22.3. The van der Waals surface area contributed by atoms with Gasteiger partial charge < -0.3 is 9.47 Å². The maximum Gasteiger partial charge on any atom is 0.0541 e. The minimum Gasteiger partial charge on any atom is -0.310 e. The maximum absolute atomic E-state index is 2.45. The molecule has 10 aromatic rings. The van der Waals surface area contributed by atoms with Gasteiger partial charge in [-0.3, -0.25) is 0 Å². The van der Waals surface area contributed by atoms with E-state index in [-0.39, 0.29) is 5.41 Å². The molecule has 2 aliphatic carbocycles. The fourth-order valence-corrected chi connectivity index (χ4v) is 10.8. The van der Waals surface area contributed by atoms with Crippen molar-refractivity contribution in [1.29, 1.82) is 0 Å². The first-order chi connectivity index (χ1) is 30.7. The van der Waals surface area contributed by atoms with Gasteiger partial charge in [-0.25, -0.2) is 0 Å². The molecule has 302 valence electrons. The smallest absolute Gasteiger partial charge is 0.0541 e. The number of para-hydroxylation sites is 1. The fourth-order valence-electron chi connectivity index (χ4n) is 10.8. The highest BCUT2D eigenvalue weighted by molar-refractivity contribution is 6.10. The highest BCUT2D eigenvalue weighted by atomic mass is 15.1. The Bertz CT molecular complexity index is 3440. The number of anilines is 3. The molecule has 9 aromatic carbocycles. The molecule has 63 heavy (non-hydrogen) atoms. The van der Waals surface area contributed by atoms with Crippen molar-refractivity contribution < 1.29 is 0 Å². The van der Waals surface area contributed by atoms with Crippen LogP contribution in [0, 0.1) is 13.8 Å². The quantitative estimate of drug-likeness (QED) is 0.156. The number of benzene rings is 9. The number of aromatic nitrogens is 1. The summed E-state index contributed by atoms with van der Waals surface area (Å²) >= 11 is 0. The molecular weight excluding hydrogens is 761 g/mol. The van der Waals surface area contributed by atoms with E-state index in [1.165, 1.54) is 105 Å². The summed E-state index contributed by atoms with van der Waals surface area (Å²) in [6.07, 6.45) is 0. The third-order valence-corrected chi connectivity index (χ3v) is 14.1. The number of rotatable bonds is 7. The van der Waals surface area contributed by atoms with Crippen LogP contribution in [-0.4, -0.2) is 4.57 Å². The van der Waals surface area contributed by atoms with Crippen LogP contribution >= 0.6 is 0 Å². The topological polar surface area (TPSA) is 8.17 Å². The van der Waals surface area contributed by atoms with Crippen molar-refractivity contribution in [2.24, 2.45) is 0 Å². The van der Waals surface area contributed by atoms with Crippen LogP contribution in [-0.2, 0) is 5.41 Å². The van der Waals surface area contributed by atoms with Crippen LogP contribution in [0.1, 0.15) is 60.1 Å². The second-order valence-electron chi connectivity index (χ2n) is 18.4. The number of aryl methyl sites for hydroxylation is 2. The lowest BCUT2D eigenvalue weighted by molar-refractivity contribution is 0.660. The average molecular weight is 809 g/mol. The summed E-state index contributed by atoms with van der Waals surface area (Å²) in [6.45, 7) is 11.5. The Balaban J connectivity index is 0.936. The minimum absolute atomic E-state index is 0.0983. The summed E-state index contributed by atoms with van der Waals surface area (Å²) in [6, 6.07) is 72.4. The molecule has 0 aliphatic heterocycles. The molecule has 1 unspecified atom stereocenters. The Labute approximate surface area is 370 Å². The van der Waals surface area contributed by atoms with Gasteiger partial charge in [0.2, 0.25) is 0 Å². The van der Waals surface area contributed by atoms with Crippen molar-refractivity contribution in [3.8, 4) is 50.2 Å². The first kappa shape index (κ1) is 37.4. The van der Waals surface area contributed by atoms with Crippen LogP contribution in [0.2, 0.25) is 0 Å². The minimum atomic E-state index is -0.0983. The molecular formula is C61H48N2. The zero-order valence-electron chi connectivity index (χ0n) is 36.4. The average Bonchev–Trinajstić information content (AvgIpc) is 3.77. The molecule has 1 aromatic heterocycles. The van der Waals surface area contributed by atoms with Gasteiger partial charge in [0.05, 0.1) is 11.0 Å². The summed E-state index contributed by atoms with van der Waals surface area (Å²) in [5, 5.41) is 2.52. The van der Waals surface area contributed by atoms with Crippen molar-refractivity contribution in [3.63, 3.8) is 0 Å². The van der Waals surface area contributed by atoms with Crippen molar-refractivity contribution in [1.82, 2.24) is 4.57 Å². The van der Waals surface area contributed by atoms with Gasteiger partial charge in [-0.2, -0.15) is 0 Å². The van der Waals surface area contributed by atoms with Crippen LogP contribution < -0.4 is 4.90 Å². The lowest BCUT2D eigenvalue weighted by Crippen LogP contribution is -2.16. The van der Waals surface area contributed by atoms with Crippen molar-refractivity contribution >= 4 is 38.9 Å². The van der Waals surface area contributed by atoms with E-state index in [0.29, 0.717) is 5.92 Å². The zero-order chi connectivity index (χ0) is 42.6. The van der Waals surface area contributed by atoms with E-state index in [1.54, 1.807) is 0 Å². The second kappa shape index (κ2) is 14.1. The highest BCUT2D eigenvalue weighted by Gasteiger charge is 2.36. The zero-order valence-corrected chi connectivity index (χ0v) is 36.4. The van der Waals surface area contributed by atoms with Gasteiger partial charge in [-0.05, 0) is 158 Å². The van der Waals surface area contributed by atoms with E-state index in [2.05, 4.69) is 238 Å². The fraction of sp³-hybridized carbons (Fsp3) is 0.115. The number of hydrogen-bond acceptors (Lipinski definition) is 1. The molecule has 2 nitrogen and oxygen atoms in total. The Morgan fingerprint density at radius 1 is 0.444 bits per heavy atom. The van der Waals surface area contributed by atoms with Gasteiger partial charge in [-0.15, -0.1) is 0 Å². The molecule has 0 N–H and O–H groups in total. The molecule has 1 atom stereocenters. The molecule has 0 fully saturated rings. The Hall–Kier alpha value is -7.42. The largest absolute Gasteiger partial charge is 0.310 e. The summed E-state index contributed by atoms with van der Waals surface area (Å²) in [5.41, 5.74) is 25.4. The number of fused-ring (bicyclic) bond motifs is 7. The predicted octanol–water partition coefficient (Wildman–Crippen LogP) is 16.6. The maximum atomic E-state index is 2.45. The SMILES string of the molecule is Cc1cc(-c2cc(C)c3c(c2)C3C)cc(-n2c3ccccc3c3cc(-c4ccc(N(c5ccc(-c6ccccc6)cc5)c5ccc6c(c5)C(C)(C)c5ccccc5-6)cc4)ccc32)c1. The van der Waals surface area contributed by atoms with Crippen molar-refractivity contribution in [2.45, 2.75) is 46.0 Å². The van der Waals surface area contributed by atoms with Gasteiger partial charge in [-0.1, -0.05) is 148 Å². The van der Waals surface area contributed by atoms with E-state index in [9.17, 15) is 0 Å². The van der Waals surface area contributed by atoms with Gasteiger partial charge in [0, 0.05) is 44.9 Å². The monoisotopic (exact) mass is 808 g/mol. The van der Waals surface area contributed by atoms with Crippen molar-refractivity contribution in [2.75, 3.05) is 4.90 Å². The summed E-state index contributed by atoms with van der Waals surface area (Å²) in [4.78, 5) is 2.41. The van der Waals surface area contributed by atoms with Gasteiger partial charge in [0.25, 0.3) is 0 Å².